The van der Waals surface area contributed by atoms with Crippen molar-refractivity contribution in [3.8, 4) is 0 Å². The molecule has 1 aliphatic heterocycles. The summed E-state index contributed by atoms with van der Waals surface area (Å²) in [6, 6.07) is 0.117. The van der Waals surface area contributed by atoms with Crippen LogP contribution in [0.1, 0.15) is 31.9 Å². The molecule has 1 atom stereocenters. The maximum Gasteiger partial charge on any atom is 0.220 e. The van der Waals surface area contributed by atoms with Gasteiger partial charge in [-0.1, -0.05) is 6.42 Å². The summed E-state index contributed by atoms with van der Waals surface area (Å²) in [7, 11) is -3.23. The largest absolute Gasteiger partial charge is 0.247 e. The summed E-state index contributed by atoms with van der Waals surface area (Å²) in [6.07, 6.45) is 3.03. The van der Waals surface area contributed by atoms with Crippen molar-refractivity contribution < 1.29 is 8.42 Å². The summed E-state index contributed by atoms with van der Waals surface area (Å²) < 4.78 is 27.0. The smallest absolute Gasteiger partial charge is 0.220 e. The van der Waals surface area contributed by atoms with E-state index in [0.717, 1.165) is 23.0 Å². The van der Waals surface area contributed by atoms with Crippen molar-refractivity contribution in [2.45, 2.75) is 38.0 Å². The summed E-state index contributed by atoms with van der Waals surface area (Å²) >= 11 is 4.75. The zero-order chi connectivity index (χ0) is 12.5. The number of aromatic nitrogens is 1. The van der Waals surface area contributed by atoms with Crippen molar-refractivity contribution >= 4 is 37.3 Å². The SMILES string of the molecule is CC1CCCCN1S(=O)(=O)Cc1ncsc1Br. The predicted molar refractivity (Wildman–Crippen MR) is 72.5 cm³/mol. The van der Waals surface area contributed by atoms with Crippen LogP contribution in [0.15, 0.2) is 9.30 Å². The molecule has 0 N–H and O–H groups in total. The lowest BCUT2D eigenvalue weighted by Gasteiger charge is -2.32. The molecule has 0 spiro atoms. The number of halogens is 1. The van der Waals surface area contributed by atoms with Crippen LogP contribution in [0.2, 0.25) is 0 Å². The Hall–Kier alpha value is 0.0200. The van der Waals surface area contributed by atoms with E-state index in [1.807, 2.05) is 6.92 Å². The minimum atomic E-state index is -3.23. The van der Waals surface area contributed by atoms with E-state index in [0.29, 0.717) is 12.2 Å². The van der Waals surface area contributed by atoms with Crippen LogP contribution in [-0.2, 0) is 15.8 Å². The van der Waals surface area contributed by atoms with Crippen molar-refractivity contribution in [1.29, 1.82) is 0 Å². The van der Waals surface area contributed by atoms with Crippen molar-refractivity contribution in [2.75, 3.05) is 6.54 Å². The van der Waals surface area contributed by atoms with E-state index in [1.165, 1.54) is 11.3 Å². The highest BCUT2D eigenvalue weighted by molar-refractivity contribution is 9.11. The molecule has 1 aliphatic rings. The summed E-state index contributed by atoms with van der Waals surface area (Å²) in [5.41, 5.74) is 2.28. The van der Waals surface area contributed by atoms with E-state index in [2.05, 4.69) is 20.9 Å². The van der Waals surface area contributed by atoms with Crippen LogP contribution in [0.4, 0.5) is 0 Å². The molecule has 17 heavy (non-hydrogen) atoms. The van der Waals surface area contributed by atoms with Gasteiger partial charge in [-0.3, -0.25) is 0 Å². The molecule has 1 aromatic heterocycles. The Balaban J connectivity index is 2.16. The van der Waals surface area contributed by atoms with Crippen LogP contribution in [-0.4, -0.2) is 30.3 Å². The van der Waals surface area contributed by atoms with Gasteiger partial charge < -0.3 is 0 Å². The highest BCUT2D eigenvalue weighted by Crippen LogP contribution is 2.26. The molecular weight excluding hydrogens is 324 g/mol. The van der Waals surface area contributed by atoms with Gasteiger partial charge >= 0.3 is 0 Å². The lowest BCUT2D eigenvalue weighted by Crippen LogP contribution is -2.42. The molecule has 0 bridgehead atoms. The third-order valence-electron chi connectivity index (χ3n) is 3.01. The zero-order valence-electron chi connectivity index (χ0n) is 9.60. The fourth-order valence-electron chi connectivity index (χ4n) is 2.09. The first kappa shape index (κ1) is 13.5. The minimum Gasteiger partial charge on any atom is -0.247 e. The fraction of sp³-hybridized carbons (Fsp3) is 0.700. The summed E-state index contributed by atoms with van der Waals surface area (Å²) in [5, 5.41) is 0. The molecule has 0 aromatic carbocycles. The highest BCUT2D eigenvalue weighted by atomic mass is 79.9. The van der Waals surface area contributed by atoms with E-state index in [1.54, 1.807) is 9.82 Å². The molecule has 0 radical (unpaired) electrons. The minimum absolute atomic E-state index is 0.00141. The molecule has 7 heteroatoms. The molecule has 1 saturated heterocycles. The second-order valence-electron chi connectivity index (χ2n) is 4.28. The number of thiazole rings is 1. The standard InChI is InChI=1S/C10H15BrN2O2S2/c1-8-4-2-3-5-13(8)17(14,15)6-9-10(11)16-7-12-9/h7-8H,2-6H2,1H3. The summed E-state index contributed by atoms with van der Waals surface area (Å²) in [4.78, 5) is 4.09. The van der Waals surface area contributed by atoms with E-state index >= 15 is 0 Å². The van der Waals surface area contributed by atoms with Crippen molar-refractivity contribution in [1.82, 2.24) is 9.29 Å². The molecule has 96 valence electrons. The first-order valence-corrected chi connectivity index (χ1v) is 8.86. The van der Waals surface area contributed by atoms with Crippen molar-refractivity contribution in [3.63, 3.8) is 0 Å². The van der Waals surface area contributed by atoms with Gasteiger partial charge in [-0.05, 0) is 35.7 Å². The van der Waals surface area contributed by atoms with Crippen LogP contribution in [0, 0.1) is 0 Å². The molecule has 1 aromatic rings. The normalized spacial score (nSPS) is 22.8. The number of nitrogens with zero attached hydrogens (tertiary/aromatic N) is 2. The van der Waals surface area contributed by atoms with E-state index < -0.39 is 10.0 Å². The van der Waals surface area contributed by atoms with Crippen molar-refractivity contribution in [2.24, 2.45) is 0 Å². The van der Waals surface area contributed by atoms with Gasteiger partial charge in [0.15, 0.2) is 0 Å². The van der Waals surface area contributed by atoms with Gasteiger partial charge in [-0.25, -0.2) is 13.4 Å². The van der Waals surface area contributed by atoms with Crippen molar-refractivity contribution in [3.05, 3.63) is 15.0 Å². The second-order valence-corrected chi connectivity index (χ2v) is 8.38. The topological polar surface area (TPSA) is 50.3 Å². The molecule has 1 fully saturated rings. The quantitative estimate of drug-likeness (QED) is 0.851. The number of hydrogen-bond acceptors (Lipinski definition) is 4. The Bertz CT molecular complexity index is 486. The Labute approximate surface area is 114 Å². The summed E-state index contributed by atoms with van der Waals surface area (Å²) in [5.74, 6) is 0.00141. The first-order valence-electron chi connectivity index (χ1n) is 5.58. The Morgan fingerprint density at radius 2 is 2.35 bits per heavy atom. The molecule has 1 unspecified atom stereocenters. The third-order valence-corrected chi connectivity index (χ3v) is 6.58. The van der Waals surface area contributed by atoms with Gasteiger partial charge in [0, 0.05) is 12.6 Å². The van der Waals surface area contributed by atoms with E-state index in [4.69, 9.17) is 0 Å². The maximum atomic E-state index is 12.3. The second kappa shape index (κ2) is 5.34. The van der Waals surface area contributed by atoms with Gasteiger partial charge in [0.1, 0.15) is 5.75 Å². The third kappa shape index (κ3) is 3.07. The zero-order valence-corrected chi connectivity index (χ0v) is 12.8. The number of rotatable bonds is 3. The highest BCUT2D eigenvalue weighted by Gasteiger charge is 2.30. The van der Waals surface area contributed by atoms with Gasteiger partial charge in [0.2, 0.25) is 10.0 Å². The molecule has 0 amide bonds. The molecule has 4 nitrogen and oxygen atoms in total. The molecule has 2 heterocycles. The maximum absolute atomic E-state index is 12.3. The molecule has 2 rings (SSSR count). The Kier molecular flexibility index (Phi) is 4.22. The van der Waals surface area contributed by atoms with Gasteiger partial charge in [-0.15, -0.1) is 11.3 Å². The number of hydrogen-bond donors (Lipinski definition) is 0. The van der Waals surface area contributed by atoms with Crippen LogP contribution in [0.5, 0.6) is 0 Å². The first-order chi connectivity index (χ1) is 8.00. The lowest BCUT2D eigenvalue weighted by atomic mass is 10.1. The number of piperidine rings is 1. The van der Waals surface area contributed by atoms with E-state index in [-0.39, 0.29) is 11.8 Å². The van der Waals surface area contributed by atoms with Gasteiger partial charge in [0.25, 0.3) is 0 Å². The van der Waals surface area contributed by atoms with Crippen LogP contribution < -0.4 is 0 Å². The van der Waals surface area contributed by atoms with Gasteiger partial charge in [-0.2, -0.15) is 4.31 Å². The molecule has 0 saturated carbocycles. The summed E-state index contributed by atoms with van der Waals surface area (Å²) in [6.45, 7) is 2.62. The molecular formula is C10H15BrN2O2S2. The lowest BCUT2D eigenvalue weighted by molar-refractivity contribution is 0.268. The monoisotopic (exact) mass is 338 g/mol. The Morgan fingerprint density at radius 1 is 1.59 bits per heavy atom. The predicted octanol–water partition coefficient (Wildman–Crippen LogP) is 2.61. The van der Waals surface area contributed by atoms with Crippen LogP contribution >= 0.6 is 27.3 Å². The average Bonchev–Trinajstić information content (AvgIpc) is 2.64. The van der Waals surface area contributed by atoms with Crippen LogP contribution in [0.3, 0.4) is 0 Å². The average molecular weight is 339 g/mol. The fourth-order valence-corrected chi connectivity index (χ4v) is 5.18. The Morgan fingerprint density at radius 3 is 2.94 bits per heavy atom. The van der Waals surface area contributed by atoms with Gasteiger partial charge in [0.05, 0.1) is 15.0 Å². The molecule has 0 aliphatic carbocycles. The van der Waals surface area contributed by atoms with Crippen LogP contribution in [0.25, 0.3) is 0 Å². The number of sulfonamides is 1. The van der Waals surface area contributed by atoms with E-state index in [9.17, 15) is 8.42 Å².